The summed E-state index contributed by atoms with van der Waals surface area (Å²) in [7, 11) is 2.05. The number of rotatable bonds is 5. The van der Waals surface area contributed by atoms with Crippen molar-refractivity contribution in [2.75, 3.05) is 17.3 Å². The molecule has 3 aromatic carbocycles. The first-order valence-electron chi connectivity index (χ1n) is 8.26. The van der Waals surface area contributed by atoms with Gasteiger partial charge in [-0.2, -0.15) is 5.10 Å². The van der Waals surface area contributed by atoms with Crippen LogP contribution in [0.25, 0.3) is 0 Å². The molecule has 0 fully saturated rings. The fourth-order valence-electron chi connectivity index (χ4n) is 2.43. The molecule has 0 saturated heterocycles. The summed E-state index contributed by atoms with van der Waals surface area (Å²) in [6.07, 6.45) is 1.74. The van der Waals surface area contributed by atoms with Gasteiger partial charge in [0.1, 0.15) is 0 Å². The molecular weight excluding hydrogens is 340 g/mol. The molecule has 0 unspecified atom stereocenters. The van der Waals surface area contributed by atoms with Gasteiger partial charge in [0.2, 0.25) is 0 Å². The minimum absolute atomic E-state index is 0.452. The van der Waals surface area contributed by atoms with Crippen molar-refractivity contribution >= 4 is 40.6 Å². The molecule has 3 aromatic rings. The van der Waals surface area contributed by atoms with Crippen molar-refractivity contribution in [1.82, 2.24) is 5.43 Å². The van der Waals surface area contributed by atoms with E-state index in [4.69, 9.17) is 12.2 Å². The Morgan fingerprint density at radius 2 is 1.42 bits per heavy atom. The molecule has 0 saturated carbocycles. The summed E-state index contributed by atoms with van der Waals surface area (Å²) in [5, 5.41) is 7.70. The molecule has 4 nitrogen and oxygen atoms in total. The van der Waals surface area contributed by atoms with Gasteiger partial charge in [0.15, 0.2) is 5.11 Å². The molecule has 0 aliphatic rings. The third-order valence-electron chi connectivity index (χ3n) is 3.84. The van der Waals surface area contributed by atoms with E-state index in [2.05, 4.69) is 45.0 Å². The zero-order valence-corrected chi connectivity index (χ0v) is 15.3. The number of para-hydroxylation sites is 2. The van der Waals surface area contributed by atoms with Crippen LogP contribution < -0.4 is 15.6 Å². The van der Waals surface area contributed by atoms with Gasteiger partial charge in [0.05, 0.1) is 6.21 Å². The van der Waals surface area contributed by atoms with Gasteiger partial charge in [0.25, 0.3) is 0 Å². The van der Waals surface area contributed by atoms with Crippen LogP contribution in [0.4, 0.5) is 17.1 Å². The molecule has 0 aromatic heterocycles. The summed E-state index contributed by atoms with van der Waals surface area (Å²) < 4.78 is 0. The lowest BCUT2D eigenvalue weighted by molar-refractivity contribution is 1.05. The highest BCUT2D eigenvalue weighted by atomic mass is 32.1. The Morgan fingerprint density at radius 1 is 0.846 bits per heavy atom. The number of hydrazone groups is 1. The van der Waals surface area contributed by atoms with Crippen molar-refractivity contribution in [3.05, 3.63) is 90.5 Å². The zero-order chi connectivity index (χ0) is 18.2. The molecule has 26 heavy (non-hydrogen) atoms. The second kappa shape index (κ2) is 8.78. The van der Waals surface area contributed by atoms with Gasteiger partial charge >= 0.3 is 0 Å². The molecule has 3 rings (SSSR count). The Kier molecular flexibility index (Phi) is 5.96. The number of hydrogen-bond donors (Lipinski definition) is 2. The van der Waals surface area contributed by atoms with E-state index in [1.807, 2.05) is 67.7 Å². The maximum absolute atomic E-state index is 5.22. The molecule has 0 bridgehead atoms. The third kappa shape index (κ3) is 4.91. The first-order valence-corrected chi connectivity index (χ1v) is 8.67. The van der Waals surface area contributed by atoms with Crippen LogP contribution in [0.5, 0.6) is 0 Å². The minimum atomic E-state index is 0.452. The van der Waals surface area contributed by atoms with Gasteiger partial charge in [-0.1, -0.05) is 48.5 Å². The standard InChI is InChI=1S/C21H20N4S/c1-25(19-10-6-3-7-11-19)20-14-12-17(13-15-20)16-22-24-21(26)23-18-8-4-2-5-9-18/h2-16H,1H3,(H2,23,24,26)/b22-16-. The maximum atomic E-state index is 5.22. The lowest BCUT2D eigenvalue weighted by Crippen LogP contribution is -2.23. The number of hydrogen-bond acceptors (Lipinski definition) is 3. The monoisotopic (exact) mass is 360 g/mol. The Bertz CT molecular complexity index is 862. The van der Waals surface area contributed by atoms with Gasteiger partial charge in [-0.3, -0.25) is 5.43 Å². The maximum Gasteiger partial charge on any atom is 0.191 e. The van der Waals surface area contributed by atoms with Crippen LogP contribution in [0.2, 0.25) is 0 Å². The van der Waals surface area contributed by atoms with Gasteiger partial charge in [-0.25, -0.2) is 0 Å². The molecule has 0 aliphatic carbocycles. The molecule has 2 N–H and O–H groups in total. The van der Waals surface area contributed by atoms with Crippen molar-refractivity contribution in [2.24, 2.45) is 5.10 Å². The average molecular weight is 360 g/mol. The van der Waals surface area contributed by atoms with Gasteiger partial charge in [-0.15, -0.1) is 0 Å². The minimum Gasteiger partial charge on any atom is -0.345 e. The average Bonchev–Trinajstić information content (AvgIpc) is 2.69. The molecule has 0 atom stereocenters. The summed E-state index contributed by atoms with van der Waals surface area (Å²) in [5.41, 5.74) is 7.00. The summed E-state index contributed by atoms with van der Waals surface area (Å²) in [5.74, 6) is 0. The predicted molar refractivity (Wildman–Crippen MR) is 114 cm³/mol. The highest BCUT2D eigenvalue weighted by Gasteiger charge is 2.02. The fraction of sp³-hybridized carbons (Fsp3) is 0.0476. The van der Waals surface area contributed by atoms with E-state index >= 15 is 0 Å². The molecule has 5 heteroatoms. The summed E-state index contributed by atoms with van der Waals surface area (Å²) in [6.45, 7) is 0. The zero-order valence-electron chi connectivity index (χ0n) is 14.5. The number of benzene rings is 3. The molecule has 0 amide bonds. The van der Waals surface area contributed by atoms with Crippen LogP contribution in [0.15, 0.2) is 90.0 Å². The molecule has 0 aliphatic heterocycles. The number of nitrogens with zero attached hydrogens (tertiary/aromatic N) is 2. The molecule has 0 radical (unpaired) electrons. The Balaban J connectivity index is 1.55. The van der Waals surface area contributed by atoms with Crippen molar-refractivity contribution in [3.63, 3.8) is 0 Å². The molecular formula is C21H20N4S. The van der Waals surface area contributed by atoms with Crippen molar-refractivity contribution < 1.29 is 0 Å². The fourth-order valence-corrected chi connectivity index (χ4v) is 2.60. The van der Waals surface area contributed by atoms with E-state index in [1.54, 1.807) is 6.21 Å². The molecule has 130 valence electrons. The SMILES string of the molecule is CN(c1ccccc1)c1ccc(/C=N\NC(=S)Nc2ccccc2)cc1. The Hall–Kier alpha value is -3.18. The van der Waals surface area contributed by atoms with E-state index in [-0.39, 0.29) is 0 Å². The van der Waals surface area contributed by atoms with E-state index < -0.39 is 0 Å². The lowest BCUT2D eigenvalue weighted by Gasteiger charge is -2.19. The van der Waals surface area contributed by atoms with Gasteiger partial charge < -0.3 is 10.2 Å². The smallest absolute Gasteiger partial charge is 0.191 e. The van der Waals surface area contributed by atoms with Gasteiger partial charge in [0, 0.05) is 24.1 Å². The highest BCUT2D eigenvalue weighted by Crippen LogP contribution is 2.22. The summed E-state index contributed by atoms with van der Waals surface area (Å²) in [6, 6.07) is 28.2. The van der Waals surface area contributed by atoms with Gasteiger partial charge in [-0.05, 0) is 54.2 Å². The molecule has 0 heterocycles. The van der Waals surface area contributed by atoms with Crippen LogP contribution in [-0.2, 0) is 0 Å². The highest BCUT2D eigenvalue weighted by molar-refractivity contribution is 7.80. The van der Waals surface area contributed by atoms with E-state index in [0.29, 0.717) is 5.11 Å². The van der Waals surface area contributed by atoms with Crippen LogP contribution in [0, 0.1) is 0 Å². The van der Waals surface area contributed by atoms with Crippen molar-refractivity contribution in [1.29, 1.82) is 0 Å². The van der Waals surface area contributed by atoms with E-state index in [9.17, 15) is 0 Å². The van der Waals surface area contributed by atoms with Crippen LogP contribution in [0.1, 0.15) is 5.56 Å². The number of anilines is 3. The summed E-state index contributed by atoms with van der Waals surface area (Å²) in [4.78, 5) is 2.14. The topological polar surface area (TPSA) is 39.7 Å². The Morgan fingerprint density at radius 3 is 2.08 bits per heavy atom. The lowest BCUT2D eigenvalue weighted by atomic mass is 10.2. The van der Waals surface area contributed by atoms with Crippen LogP contribution in [-0.4, -0.2) is 18.4 Å². The van der Waals surface area contributed by atoms with Crippen molar-refractivity contribution in [3.8, 4) is 0 Å². The first kappa shape index (κ1) is 17.6. The quantitative estimate of drug-likeness (QED) is 0.390. The van der Waals surface area contributed by atoms with E-state index in [1.165, 1.54) is 0 Å². The third-order valence-corrected chi connectivity index (χ3v) is 4.03. The van der Waals surface area contributed by atoms with Crippen LogP contribution >= 0.6 is 12.2 Å². The largest absolute Gasteiger partial charge is 0.345 e. The first-order chi connectivity index (χ1) is 12.7. The second-order valence-corrected chi connectivity index (χ2v) is 6.08. The number of thiocarbonyl (C=S) groups is 1. The predicted octanol–water partition coefficient (Wildman–Crippen LogP) is 4.78. The Labute approximate surface area is 159 Å². The number of nitrogens with one attached hydrogen (secondary N) is 2. The summed E-state index contributed by atoms with van der Waals surface area (Å²) >= 11 is 5.22. The van der Waals surface area contributed by atoms with Crippen molar-refractivity contribution in [2.45, 2.75) is 0 Å². The molecule has 0 spiro atoms. The van der Waals surface area contributed by atoms with E-state index in [0.717, 1.165) is 22.6 Å². The second-order valence-electron chi connectivity index (χ2n) is 5.68. The normalized spacial score (nSPS) is 10.5. The van der Waals surface area contributed by atoms with Crippen LogP contribution in [0.3, 0.4) is 0 Å².